The van der Waals surface area contributed by atoms with Gasteiger partial charge in [-0.3, -0.25) is 4.72 Å². The molecular formula is C12H8Cl3N3O2S. The number of nitrogens with one attached hydrogen (secondary N) is 1. The van der Waals surface area contributed by atoms with E-state index in [1.807, 2.05) is 0 Å². The largest absolute Gasteiger partial charge is 0.262 e. The molecule has 2 aromatic rings. The molecule has 1 N–H and O–H groups in total. The lowest BCUT2D eigenvalue weighted by Gasteiger charge is -2.05. The minimum Gasteiger partial charge on any atom is -0.262 e. The summed E-state index contributed by atoms with van der Waals surface area (Å²) in [7, 11) is -3.78. The highest BCUT2D eigenvalue weighted by molar-refractivity contribution is 7.95. The first-order chi connectivity index (χ1) is 9.87. The Morgan fingerprint density at radius 1 is 1.05 bits per heavy atom. The van der Waals surface area contributed by atoms with Crippen LogP contribution in [0.25, 0.3) is 6.08 Å². The van der Waals surface area contributed by atoms with Crippen molar-refractivity contribution in [2.45, 2.75) is 0 Å². The fourth-order valence-corrected chi connectivity index (χ4v) is 2.62. The molecule has 0 amide bonds. The van der Waals surface area contributed by atoms with Crippen molar-refractivity contribution in [3.63, 3.8) is 0 Å². The quantitative estimate of drug-likeness (QED) is 0.836. The van der Waals surface area contributed by atoms with Gasteiger partial charge < -0.3 is 0 Å². The summed E-state index contributed by atoms with van der Waals surface area (Å²) >= 11 is 17.2. The molecule has 110 valence electrons. The number of sulfonamides is 1. The highest BCUT2D eigenvalue weighted by Crippen LogP contribution is 2.26. The Labute approximate surface area is 136 Å². The molecule has 9 heteroatoms. The van der Waals surface area contributed by atoms with Crippen LogP contribution in [0.4, 0.5) is 5.82 Å². The lowest BCUT2D eigenvalue weighted by Crippen LogP contribution is -2.11. The van der Waals surface area contributed by atoms with E-state index in [9.17, 15) is 8.42 Å². The Morgan fingerprint density at radius 2 is 1.71 bits per heavy atom. The maximum atomic E-state index is 11.9. The number of benzene rings is 1. The molecule has 0 aliphatic rings. The van der Waals surface area contributed by atoms with Gasteiger partial charge in [0.1, 0.15) is 11.3 Å². The van der Waals surface area contributed by atoms with Crippen LogP contribution >= 0.6 is 34.8 Å². The Bertz CT molecular complexity index is 777. The zero-order valence-electron chi connectivity index (χ0n) is 10.3. The Hall–Kier alpha value is -1.34. The number of nitrogens with zero attached hydrogens (tertiary/aromatic N) is 2. The molecule has 0 radical (unpaired) electrons. The first-order valence-electron chi connectivity index (χ1n) is 5.50. The van der Waals surface area contributed by atoms with Gasteiger partial charge in [0, 0.05) is 5.02 Å². The summed E-state index contributed by atoms with van der Waals surface area (Å²) in [6.45, 7) is 0. The van der Waals surface area contributed by atoms with Crippen molar-refractivity contribution in [3.05, 3.63) is 56.8 Å². The van der Waals surface area contributed by atoms with Crippen molar-refractivity contribution in [1.82, 2.24) is 9.97 Å². The number of halogens is 3. The van der Waals surface area contributed by atoms with Gasteiger partial charge in [0.25, 0.3) is 10.0 Å². The van der Waals surface area contributed by atoms with Crippen molar-refractivity contribution in [3.8, 4) is 0 Å². The topological polar surface area (TPSA) is 72.0 Å². The molecule has 0 spiro atoms. The molecule has 0 aliphatic heterocycles. The summed E-state index contributed by atoms with van der Waals surface area (Å²) in [4.78, 5) is 7.35. The van der Waals surface area contributed by atoms with Crippen LogP contribution in [0, 0.1) is 0 Å². The molecule has 2 rings (SSSR count). The Balaban J connectivity index is 2.19. The zero-order chi connectivity index (χ0) is 15.5. The van der Waals surface area contributed by atoms with E-state index in [4.69, 9.17) is 34.8 Å². The first-order valence-corrected chi connectivity index (χ1v) is 8.18. The summed E-state index contributed by atoms with van der Waals surface area (Å²) in [5.74, 6) is -0.0857. The Kier molecular flexibility index (Phi) is 5.05. The van der Waals surface area contributed by atoms with Crippen LogP contribution in [-0.4, -0.2) is 18.4 Å². The fourth-order valence-electron chi connectivity index (χ4n) is 1.33. The number of hydrogen-bond acceptors (Lipinski definition) is 4. The van der Waals surface area contributed by atoms with Crippen molar-refractivity contribution in [2.75, 3.05) is 4.72 Å². The van der Waals surface area contributed by atoms with E-state index in [2.05, 4.69) is 14.7 Å². The zero-order valence-corrected chi connectivity index (χ0v) is 13.4. The Morgan fingerprint density at radius 3 is 2.38 bits per heavy atom. The molecule has 5 nitrogen and oxygen atoms in total. The lowest BCUT2D eigenvalue weighted by atomic mass is 10.2. The summed E-state index contributed by atoms with van der Waals surface area (Å²) in [5, 5.41) is 1.45. The summed E-state index contributed by atoms with van der Waals surface area (Å²) in [6.07, 6.45) is 2.52. The predicted octanol–water partition coefficient (Wildman–Crippen LogP) is 3.85. The number of aromatic nitrogens is 2. The van der Waals surface area contributed by atoms with Gasteiger partial charge in [-0.2, -0.15) is 0 Å². The van der Waals surface area contributed by atoms with E-state index in [0.717, 1.165) is 11.7 Å². The van der Waals surface area contributed by atoms with Crippen molar-refractivity contribution >= 4 is 56.7 Å². The lowest BCUT2D eigenvalue weighted by molar-refractivity contribution is 0.609. The van der Waals surface area contributed by atoms with Crippen molar-refractivity contribution in [1.29, 1.82) is 0 Å². The minimum absolute atomic E-state index is 0.0361. The average Bonchev–Trinajstić information content (AvgIpc) is 2.43. The molecular weight excluding hydrogens is 357 g/mol. The van der Waals surface area contributed by atoms with Gasteiger partial charge in [0.15, 0.2) is 11.0 Å². The van der Waals surface area contributed by atoms with E-state index < -0.39 is 10.0 Å². The van der Waals surface area contributed by atoms with Crippen LogP contribution in [0.1, 0.15) is 5.56 Å². The number of anilines is 1. The van der Waals surface area contributed by atoms with Crippen LogP contribution in [0.5, 0.6) is 0 Å². The third-order valence-electron chi connectivity index (χ3n) is 2.30. The molecule has 0 aliphatic carbocycles. The second-order valence-electron chi connectivity index (χ2n) is 3.83. The molecule has 0 fully saturated rings. The third kappa shape index (κ3) is 4.57. The van der Waals surface area contributed by atoms with Crippen LogP contribution in [0.2, 0.25) is 15.2 Å². The van der Waals surface area contributed by atoms with Crippen LogP contribution in [-0.2, 0) is 10.0 Å². The maximum absolute atomic E-state index is 11.9. The third-order valence-corrected chi connectivity index (χ3v) is 4.26. The smallest absolute Gasteiger partial charge is 0.256 e. The van der Waals surface area contributed by atoms with E-state index in [1.54, 1.807) is 24.3 Å². The van der Waals surface area contributed by atoms with Gasteiger partial charge in [0.05, 0.1) is 5.41 Å². The standard InChI is InChI=1S/C12H8Cl3N3O2S/c13-9-3-1-8(2-4-9)5-6-21(19,20)18-12-10(14)11(15)16-7-17-12/h1-7H,(H,16,17,18)/b6-5+. The van der Waals surface area contributed by atoms with E-state index >= 15 is 0 Å². The average molecular weight is 365 g/mol. The number of hydrogen-bond donors (Lipinski definition) is 1. The number of rotatable bonds is 4. The van der Waals surface area contributed by atoms with Gasteiger partial charge in [0.2, 0.25) is 0 Å². The second kappa shape index (κ2) is 6.62. The molecule has 0 saturated carbocycles. The SMILES string of the molecule is O=S(=O)(/C=C/c1ccc(Cl)cc1)Nc1ncnc(Cl)c1Cl. The molecule has 0 unspecified atom stereocenters. The van der Waals surface area contributed by atoms with Gasteiger partial charge in [-0.1, -0.05) is 46.9 Å². The highest BCUT2D eigenvalue weighted by Gasteiger charge is 2.12. The molecule has 1 heterocycles. The van der Waals surface area contributed by atoms with E-state index in [-0.39, 0.29) is 16.0 Å². The molecule has 0 bridgehead atoms. The maximum Gasteiger partial charge on any atom is 0.256 e. The highest BCUT2D eigenvalue weighted by atomic mass is 35.5. The monoisotopic (exact) mass is 363 g/mol. The van der Waals surface area contributed by atoms with E-state index in [0.29, 0.717) is 10.6 Å². The molecule has 0 saturated heterocycles. The van der Waals surface area contributed by atoms with Crippen LogP contribution in [0.15, 0.2) is 36.0 Å². The summed E-state index contributed by atoms with van der Waals surface area (Å²) in [6, 6.07) is 6.68. The predicted molar refractivity (Wildman–Crippen MR) is 85.1 cm³/mol. The first kappa shape index (κ1) is 16.0. The van der Waals surface area contributed by atoms with Crippen LogP contribution < -0.4 is 4.72 Å². The van der Waals surface area contributed by atoms with Crippen LogP contribution in [0.3, 0.4) is 0 Å². The molecule has 1 aromatic heterocycles. The summed E-state index contributed by atoms with van der Waals surface area (Å²) in [5.41, 5.74) is 0.677. The van der Waals surface area contributed by atoms with Crippen molar-refractivity contribution < 1.29 is 8.42 Å². The second-order valence-corrected chi connectivity index (χ2v) is 6.57. The minimum atomic E-state index is -3.78. The fraction of sp³-hybridized carbons (Fsp3) is 0. The molecule has 21 heavy (non-hydrogen) atoms. The molecule has 1 aromatic carbocycles. The van der Waals surface area contributed by atoms with Gasteiger partial charge >= 0.3 is 0 Å². The van der Waals surface area contributed by atoms with E-state index in [1.165, 1.54) is 6.08 Å². The van der Waals surface area contributed by atoms with Crippen molar-refractivity contribution in [2.24, 2.45) is 0 Å². The molecule has 0 atom stereocenters. The normalized spacial score (nSPS) is 11.8. The van der Waals surface area contributed by atoms with Gasteiger partial charge in [-0.25, -0.2) is 18.4 Å². The van der Waals surface area contributed by atoms with Gasteiger partial charge in [-0.15, -0.1) is 0 Å². The van der Waals surface area contributed by atoms with Gasteiger partial charge in [-0.05, 0) is 23.8 Å². The summed E-state index contributed by atoms with van der Waals surface area (Å²) < 4.78 is 26.0.